The number of amides is 2. The lowest BCUT2D eigenvalue weighted by molar-refractivity contribution is -0.386. The first-order valence-corrected chi connectivity index (χ1v) is 10.2. The molecule has 170 valence electrons. The van der Waals surface area contributed by atoms with Crippen LogP contribution in [0.3, 0.4) is 0 Å². The number of para-hydroxylation sites is 3. The van der Waals surface area contributed by atoms with Gasteiger partial charge in [0, 0.05) is 11.8 Å². The minimum Gasteiger partial charge on any atom is -0.494 e. The van der Waals surface area contributed by atoms with E-state index in [1.807, 2.05) is 6.92 Å². The molecule has 3 aromatic rings. The topological polar surface area (TPSA) is 120 Å². The SMILES string of the molecule is CCOc1ccc(NC(=O)c2ccccc2NC(=O)[C@@H](C)Oc2ccccc2[N+](=O)[O-])cc1. The van der Waals surface area contributed by atoms with Gasteiger partial charge in [0.15, 0.2) is 11.9 Å². The smallest absolute Gasteiger partial charge is 0.310 e. The summed E-state index contributed by atoms with van der Waals surface area (Å²) in [6, 6.07) is 19.2. The number of hydrogen-bond donors (Lipinski definition) is 2. The average molecular weight is 449 g/mol. The molecule has 0 radical (unpaired) electrons. The molecule has 3 rings (SSSR count). The van der Waals surface area contributed by atoms with Gasteiger partial charge in [-0.25, -0.2) is 0 Å². The molecule has 0 saturated heterocycles. The first kappa shape index (κ1) is 23.3. The molecule has 0 unspecified atom stereocenters. The van der Waals surface area contributed by atoms with Crippen LogP contribution in [0.5, 0.6) is 11.5 Å². The Morgan fingerprint density at radius 1 is 0.970 bits per heavy atom. The summed E-state index contributed by atoms with van der Waals surface area (Å²) in [5.41, 5.74) is 0.853. The van der Waals surface area contributed by atoms with Crippen LogP contribution in [-0.4, -0.2) is 29.4 Å². The van der Waals surface area contributed by atoms with E-state index in [-0.39, 0.29) is 22.7 Å². The quantitative estimate of drug-likeness (QED) is 0.362. The summed E-state index contributed by atoms with van der Waals surface area (Å²) in [6.45, 7) is 3.89. The normalized spacial score (nSPS) is 11.2. The number of nitrogens with one attached hydrogen (secondary N) is 2. The van der Waals surface area contributed by atoms with Gasteiger partial charge in [-0.3, -0.25) is 19.7 Å². The highest BCUT2D eigenvalue weighted by atomic mass is 16.6. The van der Waals surface area contributed by atoms with Crippen LogP contribution in [0.15, 0.2) is 72.8 Å². The zero-order chi connectivity index (χ0) is 23.8. The fraction of sp³-hybridized carbons (Fsp3) is 0.167. The number of hydrogen-bond acceptors (Lipinski definition) is 6. The van der Waals surface area contributed by atoms with Crippen molar-refractivity contribution in [1.82, 2.24) is 0 Å². The van der Waals surface area contributed by atoms with Gasteiger partial charge < -0.3 is 20.1 Å². The standard InChI is InChI=1S/C24H23N3O6/c1-3-32-18-14-12-17(13-15-18)25-24(29)19-8-4-5-9-20(19)26-23(28)16(2)33-22-11-7-6-10-21(22)27(30)31/h4-16H,3H2,1-2H3,(H,25,29)(H,26,28)/t16-/m1/s1. The molecule has 0 saturated carbocycles. The van der Waals surface area contributed by atoms with E-state index in [0.717, 1.165) is 0 Å². The van der Waals surface area contributed by atoms with Crippen molar-refractivity contribution in [3.8, 4) is 11.5 Å². The van der Waals surface area contributed by atoms with Gasteiger partial charge in [0.05, 0.1) is 22.8 Å². The molecule has 0 aromatic heterocycles. The monoisotopic (exact) mass is 449 g/mol. The van der Waals surface area contributed by atoms with Gasteiger partial charge >= 0.3 is 5.69 Å². The van der Waals surface area contributed by atoms with E-state index >= 15 is 0 Å². The highest BCUT2D eigenvalue weighted by Gasteiger charge is 2.22. The lowest BCUT2D eigenvalue weighted by atomic mass is 10.1. The van der Waals surface area contributed by atoms with Crippen molar-refractivity contribution in [2.75, 3.05) is 17.2 Å². The molecular formula is C24H23N3O6. The molecule has 2 N–H and O–H groups in total. The molecular weight excluding hydrogens is 426 g/mol. The largest absolute Gasteiger partial charge is 0.494 e. The van der Waals surface area contributed by atoms with E-state index in [0.29, 0.717) is 18.0 Å². The summed E-state index contributed by atoms with van der Waals surface area (Å²) < 4.78 is 10.9. The van der Waals surface area contributed by atoms with Crippen LogP contribution in [-0.2, 0) is 4.79 Å². The van der Waals surface area contributed by atoms with Gasteiger partial charge in [-0.1, -0.05) is 24.3 Å². The van der Waals surface area contributed by atoms with Crippen molar-refractivity contribution in [1.29, 1.82) is 0 Å². The third-order valence-corrected chi connectivity index (χ3v) is 4.59. The van der Waals surface area contributed by atoms with Crippen molar-refractivity contribution in [2.24, 2.45) is 0 Å². The molecule has 9 nitrogen and oxygen atoms in total. The summed E-state index contributed by atoms with van der Waals surface area (Å²) in [5, 5.41) is 16.6. The zero-order valence-corrected chi connectivity index (χ0v) is 18.1. The molecule has 1 atom stereocenters. The number of nitro benzene ring substituents is 1. The molecule has 0 aliphatic heterocycles. The van der Waals surface area contributed by atoms with Crippen molar-refractivity contribution in [3.63, 3.8) is 0 Å². The number of anilines is 2. The second kappa shape index (κ2) is 10.8. The van der Waals surface area contributed by atoms with Crippen molar-refractivity contribution in [3.05, 3.63) is 88.5 Å². The van der Waals surface area contributed by atoms with E-state index in [4.69, 9.17) is 9.47 Å². The predicted molar refractivity (Wildman–Crippen MR) is 124 cm³/mol. The number of nitrogens with zero attached hydrogens (tertiary/aromatic N) is 1. The van der Waals surface area contributed by atoms with Crippen LogP contribution in [0.25, 0.3) is 0 Å². The molecule has 9 heteroatoms. The third kappa shape index (κ3) is 6.07. The molecule has 0 fully saturated rings. The first-order chi connectivity index (χ1) is 15.9. The molecule has 0 bridgehead atoms. The molecule has 0 spiro atoms. The summed E-state index contributed by atoms with van der Waals surface area (Å²) in [5.74, 6) is -0.306. The number of carbonyl (C=O) groups excluding carboxylic acids is 2. The fourth-order valence-electron chi connectivity index (χ4n) is 2.98. The Morgan fingerprint density at radius 3 is 2.33 bits per heavy atom. The second-order valence-corrected chi connectivity index (χ2v) is 6.93. The molecule has 0 aliphatic rings. The van der Waals surface area contributed by atoms with Gasteiger partial charge in [-0.2, -0.15) is 0 Å². The highest BCUT2D eigenvalue weighted by molar-refractivity contribution is 6.10. The van der Waals surface area contributed by atoms with E-state index in [2.05, 4.69) is 10.6 Å². The van der Waals surface area contributed by atoms with Crippen LogP contribution >= 0.6 is 0 Å². The predicted octanol–water partition coefficient (Wildman–Crippen LogP) is 4.65. The lowest BCUT2D eigenvalue weighted by Gasteiger charge is -2.16. The van der Waals surface area contributed by atoms with Gasteiger partial charge in [0.1, 0.15) is 5.75 Å². The molecule has 33 heavy (non-hydrogen) atoms. The van der Waals surface area contributed by atoms with Gasteiger partial charge in [0.25, 0.3) is 11.8 Å². The molecule has 0 aliphatic carbocycles. The second-order valence-electron chi connectivity index (χ2n) is 6.93. The maximum absolute atomic E-state index is 12.8. The summed E-state index contributed by atoms with van der Waals surface area (Å²) in [4.78, 5) is 36.1. The molecule has 2 amide bonds. The minimum absolute atomic E-state index is 0.0216. The van der Waals surface area contributed by atoms with Crippen molar-refractivity contribution >= 4 is 28.9 Å². The van der Waals surface area contributed by atoms with E-state index in [1.54, 1.807) is 54.6 Å². The zero-order valence-electron chi connectivity index (χ0n) is 18.1. The Bertz CT molecular complexity index is 1150. The number of nitro groups is 1. The summed E-state index contributed by atoms with van der Waals surface area (Å²) in [6.07, 6.45) is -1.05. The average Bonchev–Trinajstić information content (AvgIpc) is 2.81. The summed E-state index contributed by atoms with van der Waals surface area (Å²) >= 11 is 0. The van der Waals surface area contributed by atoms with Gasteiger partial charge in [-0.15, -0.1) is 0 Å². The van der Waals surface area contributed by atoms with Gasteiger partial charge in [-0.05, 0) is 56.3 Å². The minimum atomic E-state index is -1.05. The van der Waals surface area contributed by atoms with Crippen molar-refractivity contribution in [2.45, 2.75) is 20.0 Å². The Labute approximate surface area is 190 Å². The van der Waals surface area contributed by atoms with Gasteiger partial charge in [0.2, 0.25) is 0 Å². The summed E-state index contributed by atoms with van der Waals surface area (Å²) in [7, 11) is 0. The number of ether oxygens (including phenoxy) is 2. The Kier molecular flexibility index (Phi) is 7.59. The maximum Gasteiger partial charge on any atom is 0.310 e. The lowest BCUT2D eigenvalue weighted by Crippen LogP contribution is -2.31. The fourth-order valence-corrected chi connectivity index (χ4v) is 2.98. The third-order valence-electron chi connectivity index (χ3n) is 4.59. The van der Waals surface area contributed by atoms with Crippen LogP contribution in [0.1, 0.15) is 24.2 Å². The number of rotatable bonds is 9. The molecule has 0 heterocycles. The number of benzene rings is 3. The Balaban J connectivity index is 1.70. The van der Waals surface area contributed by atoms with E-state index in [1.165, 1.54) is 25.1 Å². The van der Waals surface area contributed by atoms with Crippen LogP contribution in [0, 0.1) is 10.1 Å². The molecule has 3 aromatic carbocycles. The van der Waals surface area contributed by atoms with Crippen LogP contribution in [0.2, 0.25) is 0 Å². The van der Waals surface area contributed by atoms with Crippen LogP contribution in [0.4, 0.5) is 17.1 Å². The maximum atomic E-state index is 12.8. The van der Waals surface area contributed by atoms with E-state index in [9.17, 15) is 19.7 Å². The van der Waals surface area contributed by atoms with Crippen molar-refractivity contribution < 1.29 is 24.0 Å². The number of carbonyl (C=O) groups is 2. The van der Waals surface area contributed by atoms with Crippen LogP contribution < -0.4 is 20.1 Å². The Hall–Kier alpha value is -4.40. The van der Waals surface area contributed by atoms with E-state index < -0.39 is 22.8 Å². The Morgan fingerprint density at radius 2 is 1.64 bits per heavy atom. The highest BCUT2D eigenvalue weighted by Crippen LogP contribution is 2.27. The first-order valence-electron chi connectivity index (χ1n) is 10.2.